The predicted octanol–water partition coefficient (Wildman–Crippen LogP) is 2.37. The summed E-state index contributed by atoms with van der Waals surface area (Å²) in [6.45, 7) is 5.45. The molecule has 0 unspecified atom stereocenters. The van der Waals surface area contributed by atoms with Gasteiger partial charge in [-0.15, -0.1) is 0 Å². The maximum atomic E-state index is 13.8. The van der Waals surface area contributed by atoms with Crippen LogP contribution in [-0.2, 0) is 16.0 Å². The second kappa shape index (κ2) is 10.6. The zero-order chi connectivity index (χ0) is 14.6. The lowest BCUT2D eigenvalue weighted by Crippen LogP contribution is -2.19. The van der Waals surface area contributed by atoms with Gasteiger partial charge in [0.1, 0.15) is 6.61 Å². The lowest BCUT2D eigenvalue weighted by atomic mass is 10.2. The highest BCUT2D eigenvalue weighted by Crippen LogP contribution is 2.22. The molecule has 0 heterocycles. The third-order valence-corrected chi connectivity index (χ3v) is 2.67. The molecular weight excluding hydrogens is 261 g/mol. The Bertz CT molecular complexity index is 374. The number of benzene rings is 1. The van der Waals surface area contributed by atoms with Crippen molar-refractivity contribution in [3.8, 4) is 5.75 Å². The molecule has 20 heavy (non-hydrogen) atoms. The van der Waals surface area contributed by atoms with Gasteiger partial charge in [-0.3, -0.25) is 0 Å². The van der Waals surface area contributed by atoms with Gasteiger partial charge in [0.15, 0.2) is 11.6 Å². The van der Waals surface area contributed by atoms with Gasteiger partial charge in [-0.05, 0) is 12.5 Å². The molecule has 4 nitrogen and oxygen atoms in total. The van der Waals surface area contributed by atoms with Gasteiger partial charge in [-0.2, -0.15) is 0 Å². The van der Waals surface area contributed by atoms with E-state index in [4.69, 9.17) is 14.2 Å². The summed E-state index contributed by atoms with van der Waals surface area (Å²) in [4.78, 5) is 0. The highest BCUT2D eigenvalue weighted by Gasteiger charge is 2.09. The van der Waals surface area contributed by atoms with E-state index in [-0.39, 0.29) is 5.82 Å². The molecule has 114 valence electrons. The van der Waals surface area contributed by atoms with E-state index in [0.717, 1.165) is 12.0 Å². The van der Waals surface area contributed by atoms with E-state index in [1.165, 1.54) is 6.07 Å². The summed E-state index contributed by atoms with van der Waals surface area (Å²) in [5.74, 6) is -0.0379. The van der Waals surface area contributed by atoms with Crippen molar-refractivity contribution in [1.29, 1.82) is 0 Å². The van der Waals surface area contributed by atoms with Gasteiger partial charge in [-0.25, -0.2) is 4.39 Å². The first kappa shape index (κ1) is 16.9. The molecular formula is C15H24FNO3. The second-order valence-corrected chi connectivity index (χ2v) is 4.36. The van der Waals surface area contributed by atoms with Crippen molar-refractivity contribution in [2.24, 2.45) is 0 Å². The van der Waals surface area contributed by atoms with Crippen molar-refractivity contribution < 1.29 is 18.6 Å². The molecule has 1 aromatic carbocycles. The molecule has 0 aliphatic carbocycles. The molecule has 1 rings (SSSR count). The Balaban J connectivity index is 2.45. The summed E-state index contributed by atoms with van der Waals surface area (Å²) in [6.07, 6.45) is 0.967. The first-order valence-corrected chi connectivity index (χ1v) is 6.97. The van der Waals surface area contributed by atoms with Crippen LogP contribution in [0.1, 0.15) is 18.9 Å². The highest BCUT2D eigenvalue weighted by molar-refractivity contribution is 5.34. The van der Waals surface area contributed by atoms with Crippen LogP contribution in [0.25, 0.3) is 0 Å². The van der Waals surface area contributed by atoms with Crippen molar-refractivity contribution >= 4 is 0 Å². The van der Waals surface area contributed by atoms with Gasteiger partial charge >= 0.3 is 0 Å². The molecule has 0 amide bonds. The van der Waals surface area contributed by atoms with Crippen molar-refractivity contribution in [1.82, 2.24) is 5.32 Å². The van der Waals surface area contributed by atoms with Crippen LogP contribution in [0.4, 0.5) is 4.39 Å². The van der Waals surface area contributed by atoms with Gasteiger partial charge in [0.25, 0.3) is 0 Å². The van der Waals surface area contributed by atoms with E-state index >= 15 is 0 Å². The van der Waals surface area contributed by atoms with Crippen molar-refractivity contribution in [3.05, 3.63) is 29.6 Å². The first-order valence-electron chi connectivity index (χ1n) is 6.97. The standard InChI is InChI=1S/C15H24FNO3/c1-3-8-19-10-11-20-15-13(5-4-6-14(15)16)12-17-7-9-18-2/h4-6,17H,3,7-12H2,1-2H3. The van der Waals surface area contributed by atoms with Crippen LogP contribution in [0.2, 0.25) is 0 Å². The molecule has 0 aliphatic heterocycles. The Kier molecular flexibility index (Phi) is 8.95. The molecule has 5 heteroatoms. The predicted molar refractivity (Wildman–Crippen MR) is 76.6 cm³/mol. The molecule has 1 N–H and O–H groups in total. The minimum atomic E-state index is -0.341. The number of para-hydroxylation sites is 1. The number of halogens is 1. The van der Waals surface area contributed by atoms with E-state index in [0.29, 0.717) is 45.3 Å². The summed E-state index contributed by atoms with van der Waals surface area (Å²) in [5.41, 5.74) is 0.802. The number of hydrogen-bond donors (Lipinski definition) is 1. The Labute approximate surface area is 120 Å². The third kappa shape index (κ3) is 6.32. The Morgan fingerprint density at radius 1 is 1.15 bits per heavy atom. The molecule has 0 spiro atoms. The molecule has 0 aliphatic rings. The lowest BCUT2D eigenvalue weighted by Gasteiger charge is -2.13. The minimum absolute atomic E-state index is 0.303. The Morgan fingerprint density at radius 3 is 2.75 bits per heavy atom. The first-order chi connectivity index (χ1) is 9.79. The van der Waals surface area contributed by atoms with Gasteiger partial charge in [0.2, 0.25) is 0 Å². The molecule has 0 saturated heterocycles. The monoisotopic (exact) mass is 285 g/mol. The second-order valence-electron chi connectivity index (χ2n) is 4.36. The molecule has 0 aromatic heterocycles. The van der Waals surface area contributed by atoms with E-state index in [2.05, 4.69) is 5.32 Å². The Morgan fingerprint density at radius 2 is 2.00 bits per heavy atom. The fraction of sp³-hybridized carbons (Fsp3) is 0.600. The summed E-state index contributed by atoms with van der Waals surface area (Å²) in [5, 5.41) is 3.18. The average Bonchev–Trinajstić information content (AvgIpc) is 2.45. The SMILES string of the molecule is CCCOCCOc1c(F)cccc1CNCCOC. The summed E-state index contributed by atoms with van der Waals surface area (Å²) >= 11 is 0. The molecule has 0 atom stereocenters. The number of rotatable bonds is 11. The van der Waals surface area contributed by atoms with E-state index in [1.807, 2.05) is 13.0 Å². The van der Waals surface area contributed by atoms with Crippen LogP contribution in [-0.4, -0.2) is 40.1 Å². The minimum Gasteiger partial charge on any atom is -0.488 e. The van der Waals surface area contributed by atoms with Crippen LogP contribution in [0.15, 0.2) is 18.2 Å². The third-order valence-electron chi connectivity index (χ3n) is 2.67. The summed E-state index contributed by atoms with van der Waals surface area (Å²) in [7, 11) is 1.65. The number of methoxy groups -OCH3 is 1. The van der Waals surface area contributed by atoms with Crippen molar-refractivity contribution in [2.45, 2.75) is 19.9 Å². The smallest absolute Gasteiger partial charge is 0.165 e. The normalized spacial score (nSPS) is 10.8. The lowest BCUT2D eigenvalue weighted by molar-refractivity contribution is 0.0987. The number of ether oxygens (including phenoxy) is 3. The van der Waals surface area contributed by atoms with E-state index < -0.39 is 0 Å². The molecule has 0 fully saturated rings. The average molecular weight is 285 g/mol. The van der Waals surface area contributed by atoms with Crippen molar-refractivity contribution in [3.63, 3.8) is 0 Å². The number of hydrogen-bond acceptors (Lipinski definition) is 4. The quantitative estimate of drug-likeness (QED) is 0.634. The zero-order valence-electron chi connectivity index (χ0n) is 12.3. The van der Waals surface area contributed by atoms with Gasteiger partial charge < -0.3 is 19.5 Å². The molecule has 0 bridgehead atoms. The van der Waals surface area contributed by atoms with E-state index in [9.17, 15) is 4.39 Å². The largest absolute Gasteiger partial charge is 0.488 e. The van der Waals surface area contributed by atoms with Crippen LogP contribution >= 0.6 is 0 Å². The summed E-state index contributed by atoms with van der Waals surface area (Å²) < 4.78 is 29.6. The van der Waals surface area contributed by atoms with Gasteiger partial charge in [0.05, 0.1) is 13.2 Å². The molecule has 1 aromatic rings. The molecule has 0 saturated carbocycles. The zero-order valence-corrected chi connectivity index (χ0v) is 12.3. The maximum Gasteiger partial charge on any atom is 0.165 e. The van der Waals surface area contributed by atoms with Crippen molar-refractivity contribution in [2.75, 3.05) is 40.1 Å². The Hall–Kier alpha value is -1.17. The molecule has 0 radical (unpaired) electrons. The maximum absolute atomic E-state index is 13.8. The fourth-order valence-corrected chi connectivity index (χ4v) is 1.70. The van der Waals surface area contributed by atoms with Gasteiger partial charge in [0, 0.05) is 32.4 Å². The van der Waals surface area contributed by atoms with E-state index in [1.54, 1.807) is 13.2 Å². The van der Waals surface area contributed by atoms with Crippen LogP contribution < -0.4 is 10.1 Å². The number of nitrogens with one attached hydrogen (secondary N) is 1. The topological polar surface area (TPSA) is 39.7 Å². The fourth-order valence-electron chi connectivity index (χ4n) is 1.70. The summed E-state index contributed by atoms with van der Waals surface area (Å²) in [6, 6.07) is 4.94. The van der Waals surface area contributed by atoms with Crippen LogP contribution in [0.3, 0.4) is 0 Å². The van der Waals surface area contributed by atoms with Gasteiger partial charge in [-0.1, -0.05) is 19.1 Å². The highest BCUT2D eigenvalue weighted by atomic mass is 19.1. The van der Waals surface area contributed by atoms with Crippen LogP contribution in [0, 0.1) is 5.82 Å². The van der Waals surface area contributed by atoms with Crippen LogP contribution in [0.5, 0.6) is 5.75 Å².